The Balaban J connectivity index is 1.95. The highest BCUT2D eigenvalue weighted by Crippen LogP contribution is 2.46. The second-order valence-corrected chi connectivity index (χ2v) is 5.76. The van der Waals surface area contributed by atoms with Gasteiger partial charge in [0.25, 0.3) is 0 Å². The van der Waals surface area contributed by atoms with Crippen molar-refractivity contribution in [2.45, 2.75) is 13.0 Å². The van der Waals surface area contributed by atoms with Crippen molar-refractivity contribution in [3.8, 4) is 11.5 Å². The van der Waals surface area contributed by atoms with Crippen LogP contribution >= 0.6 is 0 Å². The second-order valence-electron chi connectivity index (χ2n) is 5.76. The smallest absolute Gasteiger partial charge is 0.343 e. The molecule has 1 aromatic heterocycles. The molecule has 5 nitrogen and oxygen atoms in total. The number of H-pyrrole nitrogens is 1. The van der Waals surface area contributed by atoms with Gasteiger partial charge in [0.2, 0.25) is 0 Å². The van der Waals surface area contributed by atoms with Crippen LogP contribution in [0.25, 0.3) is 10.9 Å². The minimum Gasteiger partial charge on any atom is -0.493 e. The maximum Gasteiger partial charge on any atom is 0.343 e. The monoisotopic (exact) mass is 323 g/mol. The van der Waals surface area contributed by atoms with Gasteiger partial charge in [0, 0.05) is 27.7 Å². The van der Waals surface area contributed by atoms with Gasteiger partial charge in [0.1, 0.15) is 5.56 Å². The van der Waals surface area contributed by atoms with Crippen LogP contribution in [-0.4, -0.2) is 25.2 Å². The number of aromatic nitrogens is 1. The topological polar surface area (TPSA) is 60.6 Å². The summed E-state index contributed by atoms with van der Waals surface area (Å²) >= 11 is 0. The Hall–Kier alpha value is -2.95. The molecule has 5 heteroatoms. The molecule has 0 radical (unpaired) electrons. The van der Waals surface area contributed by atoms with Crippen molar-refractivity contribution < 1.29 is 19.0 Å². The number of cyclic esters (lactones) is 1. The van der Waals surface area contributed by atoms with Crippen molar-refractivity contribution in [3.63, 3.8) is 0 Å². The highest BCUT2D eigenvalue weighted by molar-refractivity contribution is 5.99. The van der Waals surface area contributed by atoms with Gasteiger partial charge in [-0.25, -0.2) is 4.79 Å². The van der Waals surface area contributed by atoms with Gasteiger partial charge in [-0.2, -0.15) is 0 Å². The Labute approximate surface area is 139 Å². The molecular weight excluding hydrogens is 306 g/mol. The molecule has 0 fully saturated rings. The highest BCUT2D eigenvalue weighted by atomic mass is 16.6. The average Bonchev–Trinajstić information content (AvgIpc) is 3.10. The van der Waals surface area contributed by atoms with Gasteiger partial charge in [0.05, 0.1) is 14.2 Å². The molecule has 0 saturated carbocycles. The molecular formula is C19H17NO4. The Kier molecular flexibility index (Phi) is 3.23. The largest absolute Gasteiger partial charge is 0.493 e. The molecule has 1 atom stereocenters. The van der Waals surface area contributed by atoms with Gasteiger partial charge in [-0.1, -0.05) is 24.3 Å². The highest BCUT2D eigenvalue weighted by Gasteiger charge is 2.38. The quantitative estimate of drug-likeness (QED) is 0.746. The summed E-state index contributed by atoms with van der Waals surface area (Å²) in [5.74, 6) is 0.542. The van der Waals surface area contributed by atoms with Crippen LogP contribution in [0.2, 0.25) is 0 Å². The zero-order valence-corrected chi connectivity index (χ0v) is 13.7. The zero-order chi connectivity index (χ0) is 16.8. The van der Waals surface area contributed by atoms with Gasteiger partial charge >= 0.3 is 5.97 Å². The number of para-hydroxylation sites is 1. The van der Waals surface area contributed by atoms with Crippen molar-refractivity contribution in [2.75, 3.05) is 14.2 Å². The molecule has 0 bridgehead atoms. The Morgan fingerprint density at radius 1 is 1.08 bits per heavy atom. The third-order valence-corrected chi connectivity index (χ3v) is 4.49. The lowest BCUT2D eigenvalue weighted by Gasteiger charge is -2.13. The Morgan fingerprint density at radius 3 is 2.62 bits per heavy atom. The Bertz CT molecular complexity index is 957. The van der Waals surface area contributed by atoms with E-state index in [4.69, 9.17) is 14.2 Å². The fourth-order valence-corrected chi connectivity index (χ4v) is 3.45. The van der Waals surface area contributed by atoms with Crippen LogP contribution in [0.15, 0.2) is 36.4 Å². The lowest BCUT2D eigenvalue weighted by Crippen LogP contribution is -2.01. The van der Waals surface area contributed by atoms with E-state index in [0.29, 0.717) is 17.1 Å². The molecule has 3 aromatic rings. The molecule has 2 heterocycles. The molecule has 0 spiro atoms. The third kappa shape index (κ3) is 1.91. The van der Waals surface area contributed by atoms with Crippen molar-refractivity contribution in [1.29, 1.82) is 0 Å². The van der Waals surface area contributed by atoms with E-state index in [9.17, 15) is 4.79 Å². The summed E-state index contributed by atoms with van der Waals surface area (Å²) in [5, 5.41) is 1.05. The van der Waals surface area contributed by atoms with E-state index in [1.54, 1.807) is 13.2 Å². The first-order valence-electron chi connectivity index (χ1n) is 7.68. The first-order valence-corrected chi connectivity index (χ1v) is 7.68. The van der Waals surface area contributed by atoms with Gasteiger partial charge in [0.15, 0.2) is 17.6 Å². The van der Waals surface area contributed by atoms with E-state index in [2.05, 4.69) is 4.98 Å². The molecule has 0 aliphatic carbocycles. The first kappa shape index (κ1) is 14.6. The van der Waals surface area contributed by atoms with Crippen molar-refractivity contribution in [2.24, 2.45) is 0 Å². The van der Waals surface area contributed by atoms with Crippen molar-refractivity contribution >= 4 is 16.9 Å². The molecule has 24 heavy (non-hydrogen) atoms. The Morgan fingerprint density at radius 2 is 1.88 bits per heavy atom. The molecule has 0 saturated heterocycles. The lowest BCUT2D eigenvalue weighted by atomic mass is 9.96. The summed E-state index contributed by atoms with van der Waals surface area (Å²) < 4.78 is 16.4. The maximum atomic E-state index is 12.5. The normalized spacial score (nSPS) is 16.1. The van der Waals surface area contributed by atoms with Gasteiger partial charge in [-0.15, -0.1) is 0 Å². The van der Waals surface area contributed by atoms with E-state index in [1.807, 2.05) is 37.3 Å². The molecule has 122 valence electrons. The van der Waals surface area contributed by atoms with Gasteiger partial charge in [-0.05, 0) is 19.1 Å². The van der Waals surface area contributed by atoms with Crippen LogP contribution in [0.4, 0.5) is 0 Å². The van der Waals surface area contributed by atoms with Crippen LogP contribution in [0.1, 0.15) is 33.3 Å². The number of carbonyl (C=O) groups excluding carboxylic acids is 1. The predicted octanol–water partition coefficient (Wildman–Crippen LogP) is 3.75. The first-order chi connectivity index (χ1) is 11.7. The summed E-state index contributed by atoms with van der Waals surface area (Å²) in [7, 11) is 3.07. The fourth-order valence-electron chi connectivity index (χ4n) is 3.45. The number of benzene rings is 2. The lowest BCUT2D eigenvalue weighted by molar-refractivity contribution is 0.0455. The summed E-state index contributed by atoms with van der Waals surface area (Å²) in [6, 6.07) is 11.7. The number of carbonyl (C=O) groups is 1. The average molecular weight is 323 g/mol. The summed E-state index contributed by atoms with van der Waals surface area (Å²) in [5.41, 5.74) is 4.22. The van der Waals surface area contributed by atoms with Crippen molar-refractivity contribution in [1.82, 2.24) is 4.98 Å². The number of nitrogens with one attached hydrogen (secondary N) is 1. The van der Waals surface area contributed by atoms with Crippen LogP contribution in [0.3, 0.4) is 0 Å². The molecule has 4 rings (SSSR count). The number of aromatic amines is 1. The number of ether oxygens (including phenoxy) is 3. The van der Waals surface area contributed by atoms with E-state index in [1.165, 1.54) is 7.11 Å². The number of fused-ring (bicyclic) bond motifs is 2. The molecule has 1 N–H and O–H groups in total. The van der Waals surface area contributed by atoms with E-state index >= 15 is 0 Å². The van der Waals surface area contributed by atoms with Gasteiger partial charge in [-0.3, -0.25) is 0 Å². The van der Waals surface area contributed by atoms with Gasteiger partial charge < -0.3 is 19.2 Å². The second kappa shape index (κ2) is 5.30. The molecule has 1 aliphatic heterocycles. The van der Waals surface area contributed by atoms with E-state index in [-0.39, 0.29) is 0 Å². The SMILES string of the molecule is COc1ccc2c(c1OC)C(=O)OC2c1c(C)[nH]c2ccccc12. The maximum absolute atomic E-state index is 12.5. The minimum absolute atomic E-state index is 0.393. The van der Waals surface area contributed by atoms with Crippen LogP contribution in [-0.2, 0) is 4.74 Å². The minimum atomic E-state index is -0.455. The van der Waals surface area contributed by atoms with E-state index in [0.717, 1.165) is 27.7 Å². The third-order valence-electron chi connectivity index (χ3n) is 4.49. The van der Waals surface area contributed by atoms with Crippen LogP contribution < -0.4 is 9.47 Å². The fraction of sp³-hybridized carbons (Fsp3) is 0.211. The summed E-state index contributed by atoms with van der Waals surface area (Å²) in [4.78, 5) is 15.9. The number of aryl methyl sites for hydroxylation is 1. The van der Waals surface area contributed by atoms with Crippen LogP contribution in [0, 0.1) is 6.92 Å². The van der Waals surface area contributed by atoms with Crippen LogP contribution in [0.5, 0.6) is 11.5 Å². The number of rotatable bonds is 3. The number of hydrogen-bond donors (Lipinski definition) is 1. The summed E-state index contributed by atoms with van der Waals surface area (Å²) in [6.07, 6.45) is -0.455. The van der Waals surface area contributed by atoms with E-state index < -0.39 is 12.1 Å². The summed E-state index contributed by atoms with van der Waals surface area (Å²) in [6.45, 7) is 1.99. The number of hydrogen-bond acceptors (Lipinski definition) is 4. The number of methoxy groups -OCH3 is 2. The zero-order valence-electron chi connectivity index (χ0n) is 13.7. The van der Waals surface area contributed by atoms with Crippen molar-refractivity contribution in [3.05, 3.63) is 58.8 Å². The molecule has 1 aliphatic rings. The molecule has 0 amide bonds. The molecule has 2 aromatic carbocycles. The molecule has 1 unspecified atom stereocenters. The number of esters is 1. The predicted molar refractivity (Wildman–Crippen MR) is 89.8 cm³/mol. The standard InChI is InChI=1S/C19H17NO4/c1-10-15(11-6-4-5-7-13(11)20-10)17-12-8-9-14(22-2)18(23-3)16(12)19(21)24-17/h4-9,17,20H,1-3H3.